The monoisotopic (exact) mass is 389 g/mol. The fourth-order valence-corrected chi connectivity index (χ4v) is 4.86. The van der Waals surface area contributed by atoms with Gasteiger partial charge >= 0.3 is 0 Å². The van der Waals surface area contributed by atoms with Gasteiger partial charge in [-0.15, -0.1) is 0 Å². The lowest BCUT2D eigenvalue weighted by molar-refractivity contribution is 0.321. The molecule has 0 spiro atoms. The van der Waals surface area contributed by atoms with Gasteiger partial charge in [-0.3, -0.25) is 0 Å². The summed E-state index contributed by atoms with van der Waals surface area (Å²) in [6, 6.07) is 7.27. The van der Waals surface area contributed by atoms with Gasteiger partial charge in [-0.2, -0.15) is 11.8 Å². The Morgan fingerprint density at radius 3 is 2.59 bits per heavy atom. The van der Waals surface area contributed by atoms with E-state index in [1.54, 1.807) is 12.1 Å². The highest BCUT2D eigenvalue weighted by molar-refractivity contribution is 7.99. The maximum atomic E-state index is 13.0. The van der Waals surface area contributed by atoms with Gasteiger partial charge in [-0.25, -0.2) is 4.39 Å². The Morgan fingerprint density at radius 2 is 2.00 bits per heavy atom. The number of hydrogen-bond donors (Lipinski definition) is 0. The van der Waals surface area contributed by atoms with Crippen LogP contribution in [-0.2, 0) is 6.42 Å². The van der Waals surface area contributed by atoms with Gasteiger partial charge in [0, 0.05) is 18.3 Å². The zero-order chi connectivity index (χ0) is 19.5. The first-order valence-corrected chi connectivity index (χ1v) is 11.6. The van der Waals surface area contributed by atoms with Gasteiger partial charge in [0.05, 0.1) is 0 Å². The molecule has 1 fully saturated rings. The van der Waals surface area contributed by atoms with E-state index in [1.807, 2.05) is 18.3 Å². The third kappa shape index (κ3) is 7.73. The van der Waals surface area contributed by atoms with Gasteiger partial charge in [0.2, 0.25) is 0 Å². The van der Waals surface area contributed by atoms with Crippen molar-refractivity contribution < 1.29 is 4.39 Å². The molecule has 1 nitrogen and oxygen atoms in total. The summed E-state index contributed by atoms with van der Waals surface area (Å²) < 4.78 is 13.0. The Kier molecular flexibility index (Phi) is 9.47. The third-order valence-corrected chi connectivity index (χ3v) is 7.01. The zero-order valence-corrected chi connectivity index (χ0v) is 17.9. The van der Waals surface area contributed by atoms with Crippen LogP contribution >= 0.6 is 11.8 Å². The molecule has 1 atom stereocenters. The van der Waals surface area contributed by atoms with Crippen LogP contribution in [0.4, 0.5) is 4.39 Å². The van der Waals surface area contributed by atoms with Gasteiger partial charge in [0.15, 0.2) is 0 Å². The summed E-state index contributed by atoms with van der Waals surface area (Å²) in [4.78, 5) is 2.40. The van der Waals surface area contributed by atoms with E-state index in [0.717, 1.165) is 25.8 Å². The van der Waals surface area contributed by atoms with Crippen LogP contribution in [0.15, 0.2) is 49.2 Å². The van der Waals surface area contributed by atoms with E-state index in [2.05, 4.69) is 49.2 Å². The van der Waals surface area contributed by atoms with Gasteiger partial charge < -0.3 is 4.90 Å². The van der Waals surface area contributed by atoms with Crippen molar-refractivity contribution in [3.8, 4) is 0 Å². The summed E-state index contributed by atoms with van der Waals surface area (Å²) in [5.41, 5.74) is 1.86. The number of nitrogens with zero attached hydrogens (tertiary/aromatic N) is 1. The van der Waals surface area contributed by atoms with E-state index < -0.39 is 0 Å². The first-order chi connectivity index (χ1) is 13.1. The molecule has 0 N–H and O–H groups in total. The van der Waals surface area contributed by atoms with Crippen molar-refractivity contribution in [1.29, 1.82) is 0 Å². The van der Waals surface area contributed by atoms with Crippen molar-refractivity contribution in [1.82, 2.24) is 4.90 Å². The van der Waals surface area contributed by atoms with Crippen LogP contribution in [0.2, 0.25) is 0 Å². The second-order valence-corrected chi connectivity index (χ2v) is 8.88. The van der Waals surface area contributed by atoms with E-state index in [0.29, 0.717) is 11.5 Å². The molecule has 0 bridgehead atoms. The first kappa shape index (κ1) is 22.1. The van der Waals surface area contributed by atoms with Crippen molar-refractivity contribution in [2.45, 2.75) is 64.8 Å². The topological polar surface area (TPSA) is 3.24 Å². The molecule has 1 saturated carbocycles. The molecule has 27 heavy (non-hydrogen) atoms. The van der Waals surface area contributed by atoms with Gasteiger partial charge in [0.1, 0.15) is 5.82 Å². The molecule has 3 heteroatoms. The van der Waals surface area contributed by atoms with Gasteiger partial charge in [-0.05, 0) is 73.6 Å². The van der Waals surface area contributed by atoms with Crippen LogP contribution in [0.5, 0.6) is 0 Å². The summed E-state index contributed by atoms with van der Waals surface area (Å²) in [6.07, 6.45) is 15.1. The summed E-state index contributed by atoms with van der Waals surface area (Å²) in [6.45, 7) is 9.70. The summed E-state index contributed by atoms with van der Waals surface area (Å²) in [7, 11) is 0. The second-order valence-electron chi connectivity index (χ2n) is 7.78. The average Bonchev–Trinajstić information content (AvgIpc) is 3.46. The van der Waals surface area contributed by atoms with Crippen molar-refractivity contribution in [3.05, 3.63) is 60.6 Å². The van der Waals surface area contributed by atoms with Crippen molar-refractivity contribution >= 4 is 11.8 Å². The quantitative estimate of drug-likeness (QED) is 0.253. The van der Waals surface area contributed by atoms with E-state index in [9.17, 15) is 4.39 Å². The highest BCUT2D eigenvalue weighted by atomic mass is 32.2. The number of rotatable bonds is 14. The molecular weight excluding hydrogens is 353 g/mol. The molecule has 150 valence electrons. The maximum absolute atomic E-state index is 13.0. The fourth-order valence-electron chi connectivity index (χ4n) is 3.45. The van der Waals surface area contributed by atoms with Crippen LogP contribution in [0.1, 0.15) is 57.9 Å². The van der Waals surface area contributed by atoms with Gasteiger partial charge in [-0.1, -0.05) is 51.1 Å². The lowest BCUT2D eigenvalue weighted by atomic mass is 10.1. The molecular formula is C24H36FNS. The Hall–Kier alpha value is -1.22. The Morgan fingerprint density at radius 1 is 1.26 bits per heavy atom. The number of halogens is 1. The smallest absolute Gasteiger partial charge is 0.123 e. The van der Waals surface area contributed by atoms with Crippen molar-refractivity contribution in [2.24, 2.45) is 5.41 Å². The standard InChI is InChI=1S/C24H36FNS/c1-4-9-23(11-8-7-10-21-12-14-22(25)15-13-21)26(6-3)18-19-27-20-24(5-2)16-17-24/h6,8,11-15,23H,3-5,7,9-10,16-20H2,1-2H3/b11-8+. The molecule has 0 radical (unpaired) electrons. The van der Waals surface area contributed by atoms with Crippen LogP contribution in [0, 0.1) is 11.2 Å². The average molecular weight is 390 g/mol. The predicted molar refractivity (Wildman–Crippen MR) is 119 cm³/mol. The van der Waals surface area contributed by atoms with E-state index in [-0.39, 0.29) is 5.82 Å². The highest BCUT2D eigenvalue weighted by Crippen LogP contribution is 2.50. The molecule has 1 aliphatic rings. The molecule has 0 aromatic heterocycles. The van der Waals surface area contributed by atoms with E-state index >= 15 is 0 Å². The normalized spacial score (nSPS) is 16.4. The minimum Gasteiger partial charge on any atom is -0.371 e. The SMILES string of the molecule is C=CN(CCSCC1(CC)CC1)C(/C=C/CCc1ccc(F)cc1)CCC. The molecule has 1 aliphatic carbocycles. The fraction of sp³-hybridized carbons (Fsp3) is 0.583. The Bertz CT molecular complexity index is 577. The number of benzene rings is 1. The summed E-state index contributed by atoms with van der Waals surface area (Å²) in [5.74, 6) is 2.33. The van der Waals surface area contributed by atoms with Crippen LogP contribution < -0.4 is 0 Å². The number of hydrogen-bond acceptors (Lipinski definition) is 2. The molecule has 0 saturated heterocycles. The molecule has 0 heterocycles. The van der Waals surface area contributed by atoms with Crippen molar-refractivity contribution in [3.63, 3.8) is 0 Å². The largest absolute Gasteiger partial charge is 0.371 e. The summed E-state index contributed by atoms with van der Waals surface area (Å²) >= 11 is 2.11. The first-order valence-electron chi connectivity index (χ1n) is 10.5. The van der Waals surface area contributed by atoms with Crippen LogP contribution in [-0.4, -0.2) is 29.0 Å². The van der Waals surface area contributed by atoms with E-state index in [1.165, 1.54) is 42.8 Å². The summed E-state index contributed by atoms with van der Waals surface area (Å²) in [5, 5.41) is 0. The van der Waals surface area contributed by atoms with Gasteiger partial charge in [0.25, 0.3) is 0 Å². The molecule has 1 aromatic carbocycles. The molecule has 1 unspecified atom stereocenters. The zero-order valence-electron chi connectivity index (χ0n) is 17.1. The molecule has 0 aliphatic heterocycles. The highest BCUT2D eigenvalue weighted by Gasteiger charge is 2.40. The Balaban J connectivity index is 1.75. The van der Waals surface area contributed by atoms with E-state index in [4.69, 9.17) is 0 Å². The predicted octanol–water partition coefficient (Wildman–Crippen LogP) is 6.85. The molecule has 1 aromatic rings. The second kappa shape index (κ2) is 11.6. The van der Waals surface area contributed by atoms with Crippen LogP contribution in [0.3, 0.4) is 0 Å². The maximum Gasteiger partial charge on any atom is 0.123 e. The van der Waals surface area contributed by atoms with Crippen molar-refractivity contribution in [2.75, 3.05) is 18.1 Å². The van der Waals surface area contributed by atoms with Crippen LogP contribution in [0.25, 0.3) is 0 Å². The number of allylic oxidation sites excluding steroid dienone is 1. The minimum atomic E-state index is -0.164. The Labute approximate surface area is 170 Å². The lowest BCUT2D eigenvalue weighted by Crippen LogP contribution is -2.31. The minimum absolute atomic E-state index is 0.164. The lowest BCUT2D eigenvalue weighted by Gasteiger charge is -2.28. The molecule has 0 amide bonds. The number of aryl methyl sites for hydroxylation is 1. The third-order valence-electron chi connectivity index (χ3n) is 5.73. The number of thioether (sulfide) groups is 1. The molecule has 2 rings (SSSR count).